The van der Waals surface area contributed by atoms with Crippen LogP contribution in [-0.4, -0.2) is 23.0 Å². The number of nitrogens with zero attached hydrogens (tertiary/aromatic N) is 1. The highest BCUT2D eigenvalue weighted by atomic mass is 16.1. The fourth-order valence-electron chi connectivity index (χ4n) is 2.80. The van der Waals surface area contributed by atoms with E-state index in [-0.39, 0.29) is 5.43 Å². The van der Waals surface area contributed by atoms with Crippen LogP contribution in [0.2, 0.25) is 0 Å². The summed E-state index contributed by atoms with van der Waals surface area (Å²) in [5.41, 5.74) is 2.09. The number of aromatic amines is 1. The van der Waals surface area contributed by atoms with Crippen molar-refractivity contribution in [1.29, 1.82) is 0 Å². The summed E-state index contributed by atoms with van der Waals surface area (Å²) in [6, 6.07) is 9.47. The van der Waals surface area contributed by atoms with Gasteiger partial charge >= 0.3 is 0 Å². The average molecular weight is 256 g/mol. The zero-order valence-electron chi connectivity index (χ0n) is 11.4. The third-order valence-corrected chi connectivity index (χ3v) is 4.06. The molecule has 1 fully saturated rings. The van der Waals surface area contributed by atoms with E-state index in [2.05, 4.69) is 16.8 Å². The number of nitrogens with one attached hydrogen (secondary N) is 1. The number of benzene rings is 1. The lowest BCUT2D eigenvalue weighted by Gasteiger charge is -2.30. The van der Waals surface area contributed by atoms with E-state index in [4.69, 9.17) is 0 Å². The molecule has 2 aromatic rings. The number of para-hydroxylation sites is 1. The highest BCUT2D eigenvalue weighted by Gasteiger charge is 2.16. The van der Waals surface area contributed by atoms with E-state index >= 15 is 0 Å². The molecule has 1 aliphatic rings. The van der Waals surface area contributed by atoms with E-state index in [1.165, 1.54) is 12.8 Å². The molecule has 1 aliphatic heterocycles. The lowest BCUT2D eigenvalue weighted by atomic mass is 9.99. The SMILES string of the molecule is CC1CCN(Cc2cc(=O)c3ccccc3[nH]2)CC1. The molecular formula is C16H20N2O. The Balaban J connectivity index is 1.83. The first-order valence-electron chi connectivity index (χ1n) is 7.05. The Bertz CT molecular complexity index is 624. The summed E-state index contributed by atoms with van der Waals surface area (Å²) in [5.74, 6) is 0.840. The van der Waals surface area contributed by atoms with Gasteiger partial charge in [-0.3, -0.25) is 9.69 Å². The molecule has 1 N–H and O–H groups in total. The first-order valence-corrected chi connectivity index (χ1v) is 7.05. The second-order valence-corrected chi connectivity index (χ2v) is 5.66. The Hall–Kier alpha value is -1.61. The summed E-state index contributed by atoms with van der Waals surface area (Å²) in [5, 5.41) is 0.776. The summed E-state index contributed by atoms with van der Waals surface area (Å²) in [6.45, 7) is 5.44. The van der Waals surface area contributed by atoms with Gasteiger partial charge in [-0.2, -0.15) is 0 Å². The maximum atomic E-state index is 12.1. The number of fused-ring (bicyclic) bond motifs is 1. The molecule has 2 heterocycles. The van der Waals surface area contributed by atoms with E-state index in [1.807, 2.05) is 24.3 Å². The van der Waals surface area contributed by atoms with Crippen molar-refractivity contribution in [3.63, 3.8) is 0 Å². The molecule has 1 aromatic carbocycles. The van der Waals surface area contributed by atoms with Gasteiger partial charge in [-0.05, 0) is 44.0 Å². The van der Waals surface area contributed by atoms with Crippen LogP contribution in [0.4, 0.5) is 0 Å². The number of hydrogen-bond acceptors (Lipinski definition) is 2. The predicted octanol–water partition coefficient (Wildman–Crippen LogP) is 2.76. The maximum Gasteiger partial charge on any atom is 0.189 e. The number of rotatable bonds is 2. The molecule has 0 spiro atoms. The minimum atomic E-state index is 0.120. The minimum absolute atomic E-state index is 0.120. The Kier molecular flexibility index (Phi) is 3.38. The molecule has 0 bridgehead atoms. The Morgan fingerprint density at radius 3 is 2.79 bits per heavy atom. The first kappa shape index (κ1) is 12.4. The summed E-state index contributed by atoms with van der Waals surface area (Å²) in [6.07, 6.45) is 2.52. The summed E-state index contributed by atoms with van der Waals surface area (Å²) < 4.78 is 0. The molecule has 3 rings (SSSR count). The zero-order valence-corrected chi connectivity index (χ0v) is 11.4. The summed E-state index contributed by atoms with van der Waals surface area (Å²) >= 11 is 0. The molecular weight excluding hydrogens is 236 g/mol. The van der Waals surface area contributed by atoms with Gasteiger partial charge in [0.2, 0.25) is 0 Å². The number of H-pyrrole nitrogens is 1. The standard InChI is InChI=1S/C16H20N2O/c1-12-6-8-18(9-7-12)11-13-10-16(19)14-4-2-3-5-15(14)17-13/h2-5,10,12H,6-9,11H2,1H3,(H,17,19). The Morgan fingerprint density at radius 1 is 1.26 bits per heavy atom. The molecule has 1 aromatic heterocycles. The van der Waals surface area contributed by atoms with Crippen molar-refractivity contribution in [3.05, 3.63) is 46.2 Å². The Labute approximate surface area is 113 Å². The fraction of sp³-hybridized carbons (Fsp3) is 0.438. The smallest absolute Gasteiger partial charge is 0.189 e. The minimum Gasteiger partial charge on any atom is -0.357 e. The molecule has 1 saturated heterocycles. The molecule has 100 valence electrons. The van der Waals surface area contributed by atoms with Crippen molar-refractivity contribution in [3.8, 4) is 0 Å². The van der Waals surface area contributed by atoms with Crippen LogP contribution in [0.25, 0.3) is 10.9 Å². The van der Waals surface area contributed by atoms with Gasteiger partial charge in [-0.15, -0.1) is 0 Å². The average Bonchev–Trinajstić information content (AvgIpc) is 2.42. The Morgan fingerprint density at radius 2 is 2.00 bits per heavy atom. The van der Waals surface area contributed by atoms with Crippen LogP contribution in [0.3, 0.4) is 0 Å². The molecule has 3 nitrogen and oxygen atoms in total. The van der Waals surface area contributed by atoms with Gasteiger partial charge in [0, 0.05) is 29.2 Å². The van der Waals surface area contributed by atoms with Crippen LogP contribution in [0, 0.1) is 5.92 Å². The van der Waals surface area contributed by atoms with Crippen molar-refractivity contribution < 1.29 is 0 Å². The summed E-state index contributed by atoms with van der Waals surface area (Å²) in [7, 11) is 0. The van der Waals surface area contributed by atoms with Crippen molar-refractivity contribution in [2.75, 3.05) is 13.1 Å². The fourth-order valence-corrected chi connectivity index (χ4v) is 2.80. The van der Waals surface area contributed by atoms with Crippen molar-refractivity contribution >= 4 is 10.9 Å². The quantitative estimate of drug-likeness (QED) is 0.897. The van der Waals surface area contributed by atoms with Gasteiger partial charge in [-0.25, -0.2) is 0 Å². The number of hydrogen-bond donors (Lipinski definition) is 1. The van der Waals surface area contributed by atoms with Crippen LogP contribution in [0.15, 0.2) is 35.1 Å². The van der Waals surface area contributed by atoms with Crippen LogP contribution in [0.1, 0.15) is 25.5 Å². The van der Waals surface area contributed by atoms with Gasteiger partial charge in [0.15, 0.2) is 5.43 Å². The van der Waals surface area contributed by atoms with Gasteiger partial charge in [0.25, 0.3) is 0 Å². The molecule has 3 heteroatoms. The van der Waals surface area contributed by atoms with Gasteiger partial charge in [0.05, 0.1) is 0 Å². The molecule has 19 heavy (non-hydrogen) atoms. The van der Waals surface area contributed by atoms with E-state index in [1.54, 1.807) is 6.07 Å². The van der Waals surface area contributed by atoms with E-state index in [9.17, 15) is 4.79 Å². The topological polar surface area (TPSA) is 36.1 Å². The van der Waals surface area contributed by atoms with E-state index in [0.29, 0.717) is 0 Å². The van der Waals surface area contributed by atoms with Gasteiger partial charge in [0.1, 0.15) is 0 Å². The third kappa shape index (κ3) is 2.71. The number of pyridine rings is 1. The van der Waals surface area contributed by atoms with Gasteiger partial charge < -0.3 is 4.98 Å². The zero-order chi connectivity index (χ0) is 13.2. The molecule has 0 atom stereocenters. The highest BCUT2D eigenvalue weighted by Crippen LogP contribution is 2.17. The monoisotopic (exact) mass is 256 g/mol. The number of likely N-dealkylation sites (tertiary alicyclic amines) is 1. The van der Waals surface area contributed by atoms with Crippen molar-refractivity contribution in [2.24, 2.45) is 5.92 Å². The van der Waals surface area contributed by atoms with Crippen LogP contribution in [0.5, 0.6) is 0 Å². The molecule has 0 amide bonds. The lowest BCUT2D eigenvalue weighted by molar-refractivity contribution is 0.183. The van der Waals surface area contributed by atoms with E-state index < -0.39 is 0 Å². The first-order chi connectivity index (χ1) is 9.22. The largest absolute Gasteiger partial charge is 0.357 e. The number of aromatic nitrogens is 1. The van der Waals surface area contributed by atoms with Crippen LogP contribution >= 0.6 is 0 Å². The maximum absolute atomic E-state index is 12.1. The second-order valence-electron chi connectivity index (χ2n) is 5.66. The second kappa shape index (κ2) is 5.17. The molecule has 0 aliphatic carbocycles. The molecule has 0 saturated carbocycles. The lowest BCUT2D eigenvalue weighted by Crippen LogP contribution is -2.32. The van der Waals surface area contributed by atoms with E-state index in [0.717, 1.165) is 42.1 Å². The van der Waals surface area contributed by atoms with Crippen LogP contribution < -0.4 is 5.43 Å². The number of piperidine rings is 1. The van der Waals surface area contributed by atoms with Crippen molar-refractivity contribution in [2.45, 2.75) is 26.3 Å². The van der Waals surface area contributed by atoms with Crippen LogP contribution in [-0.2, 0) is 6.54 Å². The van der Waals surface area contributed by atoms with Gasteiger partial charge in [-0.1, -0.05) is 19.1 Å². The predicted molar refractivity (Wildman–Crippen MR) is 78.2 cm³/mol. The molecule has 0 radical (unpaired) electrons. The van der Waals surface area contributed by atoms with Crippen molar-refractivity contribution in [1.82, 2.24) is 9.88 Å². The molecule has 0 unspecified atom stereocenters. The normalized spacial score (nSPS) is 17.9. The summed E-state index contributed by atoms with van der Waals surface area (Å²) in [4.78, 5) is 17.9. The third-order valence-electron chi connectivity index (χ3n) is 4.06. The highest BCUT2D eigenvalue weighted by molar-refractivity contribution is 5.78.